The van der Waals surface area contributed by atoms with E-state index in [1.165, 1.54) is 19.9 Å². The number of allylic oxidation sites excluding steroid dienone is 1. The molecule has 0 aromatic rings. The Hall–Kier alpha value is -2.35. The highest BCUT2D eigenvalue weighted by molar-refractivity contribution is 5.85. The van der Waals surface area contributed by atoms with Gasteiger partial charge in [-0.2, -0.15) is 5.26 Å². The van der Waals surface area contributed by atoms with Crippen molar-refractivity contribution in [2.75, 3.05) is 0 Å². The standard InChI is InChI=1S/2C4H6O2.C3H3N/c2*1-3(2)4(5)6;1-2-3-4/h2*1H2,2H3,(H,5,6);2H,1H2. The number of carboxylic acid groups (broad SMARTS) is 2. The molecule has 0 aromatic carbocycles. The van der Waals surface area contributed by atoms with E-state index in [0.29, 0.717) is 0 Å². The number of hydrogen-bond acceptors (Lipinski definition) is 3. The molecule has 0 atom stereocenters. The normalized spacial score (nSPS) is 6.56. The number of nitriles is 1. The van der Waals surface area contributed by atoms with Crippen molar-refractivity contribution in [3.63, 3.8) is 0 Å². The van der Waals surface area contributed by atoms with E-state index in [2.05, 4.69) is 19.7 Å². The van der Waals surface area contributed by atoms with Crippen molar-refractivity contribution in [3.8, 4) is 6.07 Å². The molecule has 0 aliphatic carbocycles. The monoisotopic (exact) mass is 225 g/mol. The van der Waals surface area contributed by atoms with Crippen LogP contribution in [0.15, 0.2) is 37.0 Å². The summed E-state index contributed by atoms with van der Waals surface area (Å²) in [6.07, 6.45) is 1.18. The van der Waals surface area contributed by atoms with Gasteiger partial charge in [0.2, 0.25) is 0 Å². The summed E-state index contributed by atoms with van der Waals surface area (Å²) in [7, 11) is 0. The molecule has 5 heteroatoms. The fourth-order valence-electron chi connectivity index (χ4n) is 0. The zero-order valence-corrected chi connectivity index (χ0v) is 9.36. The Balaban J connectivity index is -0.000000162. The zero-order valence-electron chi connectivity index (χ0n) is 9.36. The summed E-state index contributed by atoms with van der Waals surface area (Å²) in [5.74, 6) is -1.87. The number of rotatable bonds is 2. The summed E-state index contributed by atoms with van der Waals surface area (Å²) >= 11 is 0. The van der Waals surface area contributed by atoms with Crippen molar-refractivity contribution in [1.82, 2.24) is 0 Å². The minimum absolute atomic E-state index is 0.176. The second kappa shape index (κ2) is 12.7. The van der Waals surface area contributed by atoms with E-state index in [1.807, 2.05) is 0 Å². The molecule has 0 saturated carbocycles. The van der Waals surface area contributed by atoms with Gasteiger partial charge in [-0.05, 0) is 13.8 Å². The molecular formula is C11H15NO4. The van der Waals surface area contributed by atoms with Crippen LogP contribution >= 0.6 is 0 Å². The molecule has 5 nitrogen and oxygen atoms in total. The second-order valence-electron chi connectivity index (χ2n) is 2.50. The number of nitrogens with zero attached hydrogens (tertiary/aromatic N) is 1. The van der Waals surface area contributed by atoms with Crippen molar-refractivity contribution in [3.05, 3.63) is 37.0 Å². The molecule has 0 spiro atoms. The van der Waals surface area contributed by atoms with Crippen LogP contribution in [-0.4, -0.2) is 22.2 Å². The number of carbonyl (C=O) groups is 2. The van der Waals surface area contributed by atoms with E-state index in [-0.39, 0.29) is 11.1 Å². The van der Waals surface area contributed by atoms with Crippen molar-refractivity contribution in [2.45, 2.75) is 13.8 Å². The van der Waals surface area contributed by atoms with E-state index >= 15 is 0 Å². The van der Waals surface area contributed by atoms with Gasteiger partial charge in [0.1, 0.15) is 0 Å². The Morgan fingerprint density at radius 1 is 1.12 bits per heavy atom. The van der Waals surface area contributed by atoms with Crippen LogP contribution in [0, 0.1) is 11.3 Å². The van der Waals surface area contributed by atoms with Crippen LogP contribution < -0.4 is 0 Å². The van der Waals surface area contributed by atoms with Crippen molar-refractivity contribution in [1.29, 1.82) is 5.26 Å². The first-order valence-electron chi connectivity index (χ1n) is 3.98. The molecule has 0 heterocycles. The molecule has 0 aromatic heterocycles. The average molecular weight is 225 g/mol. The maximum absolute atomic E-state index is 9.60. The summed E-state index contributed by atoms with van der Waals surface area (Å²) in [5, 5.41) is 23.3. The zero-order chi connectivity index (χ0) is 13.7. The summed E-state index contributed by atoms with van der Waals surface area (Å²) in [6.45, 7) is 12.3. The first-order chi connectivity index (χ1) is 7.20. The van der Waals surface area contributed by atoms with Gasteiger partial charge < -0.3 is 10.2 Å². The number of aliphatic carboxylic acids is 2. The molecule has 0 rings (SSSR count). The minimum atomic E-state index is -0.935. The van der Waals surface area contributed by atoms with Crippen LogP contribution in [0.25, 0.3) is 0 Å². The van der Waals surface area contributed by atoms with E-state index in [0.717, 1.165) is 0 Å². The predicted octanol–water partition coefficient (Wildman–Crippen LogP) is 1.99. The summed E-state index contributed by atoms with van der Waals surface area (Å²) in [4.78, 5) is 19.2. The lowest BCUT2D eigenvalue weighted by molar-refractivity contribution is -0.133. The Morgan fingerprint density at radius 2 is 1.25 bits per heavy atom. The lowest BCUT2D eigenvalue weighted by Crippen LogP contribution is -1.92. The van der Waals surface area contributed by atoms with E-state index in [4.69, 9.17) is 15.5 Å². The maximum atomic E-state index is 9.60. The Kier molecular flexibility index (Phi) is 15.2. The topological polar surface area (TPSA) is 98.4 Å². The maximum Gasteiger partial charge on any atom is 0.330 e. The highest BCUT2D eigenvalue weighted by Gasteiger charge is 1.90. The quantitative estimate of drug-likeness (QED) is 0.553. The van der Waals surface area contributed by atoms with Crippen LogP contribution in [0.1, 0.15) is 13.8 Å². The number of carboxylic acids is 2. The summed E-state index contributed by atoms with van der Waals surface area (Å²) in [5.41, 5.74) is 0.352. The fourth-order valence-corrected chi connectivity index (χ4v) is 0. The molecule has 0 amide bonds. The average Bonchev–Trinajstić information content (AvgIpc) is 2.18. The summed E-state index contributed by atoms with van der Waals surface area (Å²) in [6, 6.07) is 1.69. The molecule has 0 fully saturated rings. The highest BCUT2D eigenvalue weighted by atomic mass is 16.4. The third-order valence-electron chi connectivity index (χ3n) is 0.821. The van der Waals surface area contributed by atoms with Gasteiger partial charge in [-0.1, -0.05) is 19.7 Å². The van der Waals surface area contributed by atoms with Gasteiger partial charge in [-0.3, -0.25) is 0 Å². The van der Waals surface area contributed by atoms with Crippen LogP contribution in [0.5, 0.6) is 0 Å². The van der Waals surface area contributed by atoms with Crippen LogP contribution in [-0.2, 0) is 9.59 Å². The van der Waals surface area contributed by atoms with Gasteiger partial charge in [-0.25, -0.2) is 9.59 Å². The first kappa shape index (κ1) is 19.3. The molecule has 0 radical (unpaired) electrons. The van der Waals surface area contributed by atoms with Crippen molar-refractivity contribution >= 4 is 11.9 Å². The molecule has 88 valence electrons. The number of hydrogen-bond donors (Lipinski definition) is 2. The Bertz CT molecular complexity index is 275. The van der Waals surface area contributed by atoms with Gasteiger partial charge in [0.15, 0.2) is 0 Å². The van der Waals surface area contributed by atoms with Crippen molar-refractivity contribution < 1.29 is 19.8 Å². The van der Waals surface area contributed by atoms with E-state index in [9.17, 15) is 9.59 Å². The molecule has 0 aliphatic rings. The van der Waals surface area contributed by atoms with Crippen molar-refractivity contribution in [2.24, 2.45) is 0 Å². The van der Waals surface area contributed by atoms with Gasteiger partial charge in [0.25, 0.3) is 0 Å². The van der Waals surface area contributed by atoms with Crippen LogP contribution in [0.3, 0.4) is 0 Å². The van der Waals surface area contributed by atoms with Crippen LogP contribution in [0.4, 0.5) is 0 Å². The van der Waals surface area contributed by atoms with Gasteiger partial charge in [0, 0.05) is 17.2 Å². The first-order valence-corrected chi connectivity index (χ1v) is 3.98. The molecule has 0 saturated heterocycles. The minimum Gasteiger partial charge on any atom is -0.478 e. The van der Waals surface area contributed by atoms with Gasteiger partial charge in [-0.15, -0.1) is 0 Å². The largest absolute Gasteiger partial charge is 0.478 e. The lowest BCUT2D eigenvalue weighted by atomic mass is 10.4. The molecule has 0 unspecified atom stereocenters. The molecule has 2 N–H and O–H groups in total. The third-order valence-corrected chi connectivity index (χ3v) is 0.821. The van der Waals surface area contributed by atoms with Gasteiger partial charge in [0.05, 0.1) is 6.07 Å². The third kappa shape index (κ3) is 29.9. The molecule has 0 aliphatic heterocycles. The summed E-state index contributed by atoms with van der Waals surface area (Å²) < 4.78 is 0. The smallest absolute Gasteiger partial charge is 0.330 e. The van der Waals surface area contributed by atoms with E-state index in [1.54, 1.807) is 6.07 Å². The highest BCUT2D eigenvalue weighted by Crippen LogP contribution is 1.81. The lowest BCUT2D eigenvalue weighted by Gasteiger charge is -1.79. The predicted molar refractivity (Wildman–Crippen MR) is 60.7 cm³/mol. The Labute approximate surface area is 94.6 Å². The van der Waals surface area contributed by atoms with Gasteiger partial charge >= 0.3 is 11.9 Å². The molecule has 16 heavy (non-hydrogen) atoms. The Morgan fingerprint density at radius 3 is 1.25 bits per heavy atom. The van der Waals surface area contributed by atoms with E-state index < -0.39 is 11.9 Å². The fraction of sp³-hybridized carbons (Fsp3) is 0.182. The SMILES string of the molecule is C=C(C)C(=O)O.C=C(C)C(=O)O.C=CC#N. The molecule has 0 bridgehead atoms. The molecular weight excluding hydrogens is 210 g/mol. The second-order valence-corrected chi connectivity index (χ2v) is 2.50. The van der Waals surface area contributed by atoms with Crippen LogP contribution in [0.2, 0.25) is 0 Å².